The van der Waals surface area contributed by atoms with Crippen LogP contribution in [-0.4, -0.2) is 33.9 Å². The molecule has 1 amide bonds. The summed E-state index contributed by atoms with van der Waals surface area (Å²) in [5.74, 6) is -0.267. The molecule has 0 N–H and O–H groups in total. The van der Waals surface area contributed by atoms with Crippen LogP contribution in [0.5, 0.6) is 0 Å². The fourth-order valence-corrected chi connectivity index (χ4v) is 1.38. The Hall–Kier alpha value is -1.41. The Kier molecular flexibility index (Phi) is 5.68. The van der Waals surface area contributed by atoms with E-state index in [0.717, 1.165) is 12.6 Å². The van der Waals surface area contributed by atoms with Gasteiger partial charge in [-0.05, 0) is 41.0 Å². The molecule has 0 rings (SSSR count). The maximum Gasteiger partial charge on any atom is 0.344 e. The molecule has 0 saturated heterocycles. The highest BCUT2D eigenvalue weighted by atomic mass is 16.2. The van der Waals surface area contributed by atoms with Gasteiger partial charge in [-0.15, -0.1) is 0 Å². The molecule has 0 atom stereocenters. The third-order valence-electron chi connectivity index (χ3n) is 2.15. The maximum atomic E-state index is 11.7. The summed E-state index contributed by atoms with van der Waals surface area (Å²) in [4.78, 5) is 16.1. The summed E-state index contributed by atoms with van der Waals surface area (Å²) >= 11 is 0. The molecule has 0 aliphatic heterocycles. The largest absolute Gasteiger partial charge is 0.361 e. The molecule has 0 fully saturated rings. The highest BCUT2D eigenvalue weighted by Gasteiger charge is 2.26. The third kappa shape index (κ3) is 5.47. The number of carbonyl (C=O) groups excluding carboxylic acids is 1. The molecule has 4 nitrogen and oxygen atoms in total. The summed E-state index contributed by atoms with van der Waals surface area (Å²) in [5.41, 5.74) is 9.34. The molecule has 0 saturated carbocycles. The lowest BCUT2D eigenvalue weighted by atomic mass is 10.1. The fourth-order valence-electron chi connectivity index (χ4n) is 1.38. The molecule has 0 bridgehead atoms. The molecule has 90 valence electrons. The Balaban J connectivity index is 4.64. The lowest BCUT2D eigenvalue weighted by Gasteiger charge is -2.33. The zero-order chi connectivity index (χ0) is 12.8. The first-order valence-corrected chi connectivity index (χ1v) is 5.41. The monoisotopic (exact) mass is 223 g/mol. The Labute approximate surface area is 97.6 Å². The average molecular weight is 223 g/mol. The molecule has 16 heavy (non-hydrogen) atoms. The molecule has 4 heteroatoms. The van der Waals surface area contributed by atoms with Crippen molar-refractivity contribution in [3.63, 3.8) is 0 Å². The first-order valence-electron chi connectivity index (χ1n) is 5.41. The van der Waals surface area contributed by atoms with Crippen LogP contribution >= 0.6 is 0 Å². The summed E-state index contributed by atoms with van der Waals surface area (Å²) in [7, 11) is 0. The van der Waals surface area contributed by atoms with Gasteiger partial charge in [0.2, 0.25) is 0 Å². The van der Waals surface area contributed by atoms with Gasteiger partial charge >= 0.3 is 12.1 Å². The van der Waals surface area contributed by atoms with Crippen molar-refractivity contribution in [2.24, 2.45) is 0 Å². The van der Waals surface area contributed by atoms with Crippen molar-refractivity contribution in [1.29, 1.82) is 0 Å². The molecule has 0 aromatic carbocycles. The molecular weight excluding hydrogens is 202 g/mol. The smallest absolute Gasteiger partial charge is 0.344 e. The van der Waals surface area contributed by atoms with Crippen LogP contribution in [0.25, 0.3) is 5.53 Å². The van der Waals surface area contributed by atoms with Crippen molar-refractivity contribution in [3.8, 4) is 0 Å². The van der Waals surface area contributed by atoms with Gasteiger partial charge in [0.1, 0.15) is 0 Å². The molecule has 0 aliphatic rings. The van der Waals surface area contributed by atoms with Crippen LogP contribution in [0, 0.1) is 0 Å². The third-order valence-corrected chi connectivity index (χ3v) is 2.15. The summed E-state index contributed by atoms with van der Waals surface area (Å²) in [5, 5.41) is 0. The first kappa shape index (κ1) is 14.6. The van der Waals surface area contributed by atoms with E-state index >= 15 is 0 Å². The minimum absolute atomic E-state index is 0.267. The van der Waals surface area contributed by atoms with E-state index in [9.17, 15) is 4.79 Å². The lowest BCUT2D eigenvalue weighted by molar-refractivity contribution is -0.131. The highest BCUT2D eigenvalue weighted by molar-refractivity contribution is 6.24. The van der Waals surface area contributed by atoms with Crippen molar-refractivity contribution in [2.75, 3.05) is 6.54 Å². The Morgan fingerprint density at radius 1 is 1.38 bits per heavy atom. The van der Waals surface area contributed by atoms with Gasteiger partial charge in [-0.2, -0.15) is 4.79 Å². The SMILES string of the molecule is CC(C)=CCCN(C(=O)C=[N+]=[N-])C(C)(C)C. The van der Waals surface area contributed by atoms with Gasteiger partial charge in [-0.1, -0.05) is 11.6 Å². The second-order valence-corrected chi connectivity index (χ2v) is 4.98. The topological polar surface area (TPSA) is 56.7 Å². The van der Waals surface area contributed by atoms with Crippen molar-refractivity contribution in [2.45, 2.75) is 46.6 Å². The standard InChI is InChI=1S/C12H21N3O/c1-10(2)7-6-8-15(12(3,4)5)11(16)9-14-13/h7,9H,6,8H2,1-5H3. The predicted molar refractivity (Wildman–Crippen MR) is 65.2 cm³/mol. The number of allylic oxidation sites excluding steroid dienone is 1. The zero-order valence-electron chi connectivity index (χ0n) is 10.8. The quantitative estimate of drug-likeness (QED) is 0.312. The normalized spacial score (nSPS) is 10.3. The van der Waals surface area contributed by atoms with E-state index < -0.39 is 0 Å². The van der Waals surface area contributed by atoms with Gasteiger partial charge in [-0.25, -0.2) is 0 Å². The highest BCUT2D eigenvalue weighted by Crippen LogP contribution is 2.13. The van der Waals surface area contributed by atoms with Crippen LogP contribution in [0.2, 0.25) is 0 Å². The average Bonchev–Trinajstić information content (AvgIpc) is 2.10. The minimum atomic E-state index is -0.270. The van der Waals surface area contributed by atoms with Gasteiger partial charge in [0.15, 0.2) is 0 Å². The van der Waals surface area contributed by atoms with Crippen LogP contribution in [0.1, 0.15) is 41.0 Å². The molecule has 0 radical (unpaired) electrons. The van der Waals surface area contributed by atoms with Gasteiger partial charge in [-0.3, -0.25) is 4.79 Å². The summed E-state index contributed by atoms with van der Waals surface area (Å²) < 4.78 is 0. The van der Waals surface area contributed by atoms with Gasteiger partial charge < -0.3 is 10.4 Å². The minimum Gasteiger partial charge on any atom is -0.361 e. The number of carbonyl (C=O) groups is 1. The van der Waals surface area contributed by atoms with E-state index in [4.69, 9.17) is 5.53 Å². The number of nitrogens with zero attached hydrogens (tertiary/aromatic N) is 3. The van der Waals surface area contributed by atoms with Gasteiger partial charge in [0, 0.05) is 12.1 Å². The second kappa shape index (κ2) is 6.23. The molecule has 0 heterocycles. The number of rotatable bonds is 4. The van der Waals surface area contributed by atoms with E-state index in [1.54, 1.807) is 4.90 Å². The number of amides is 1. The van der Waals surface area contributed by atoms with Gasteiger partial charge in [0.05, 0.1) is 0 Å². The van der Waals surface area contributed by atoms with Gasteiger partial charge in [0.25, 0.3) is 0 Å². The number of hydrogen-bond acceptors (Lipinski definition) is 1. The Morgan fingerprint density at radius 2 is 1.94 bits per heavy atom. The fraction of sp³-hybridized carbons (Fsp3) is 0.667. The van der Waals surface area contributed by atoms with Crippen LogP contribution in [0.3, 0.4) is 0 Å². The van der Waals surface area contributed by atoms with Crippen LogP contribution in [0.15, 0.2) is 11.6 Å². The molecule has 0 aromatic heterocycles. The predicted octanol–water partition coefficient (Wildman–Crippen LogP) is 2.27. The molecule has 0 unspecified atom stereocenters. The Morgan fingerprint density at radius 3 is 2.31 bits per heavy atom. The van der Waals surface area contributed by atoms with Crippen LogP contribution in [0.4, 0.5) is 0 Å². The van der Waals surface area contributed by atoms with E-state index in [0.29, 0.717) is 6.54 Å². The Bertz CT molecular complexity index is 316. The zero-order valence-corrected chi connectivity index (χ0v) is 10.8. The van der Waals surface area contributed by atoms with Crippen LogP contribution < -0.4 is 0 Å². The lowest BCUT2D eigenvalue weighted by Crippen LogP contribution is -2.46. The van der Waals surface area contributed by atoms with Crippen molar-refractivity contribution >= 4 is 12.1 Å². The molecule has 0 aliphatic carbocycles. The van der Waals surface area contributed by atoms with E-state index in [-0.39, 0.29) is 11.4 Å². The second-order valence-electron chi connectivity index (χ2n) is 4.98. The summed E-state index contributed by atoms with van der Waals surface area (Å²) in [6.07, 6.45) is 3.83. The number of hydrogen-bond donors (Lipinski definition) is 0. The van der Waals surface area contributed by atoms with Crippen LogP contribution in [-0.2, 0) is 4.79 Å². The van der Waals surface area contributed by atoms with E-state index in [1.165, 1.54) is 5.57 Å². The molecular formula is C12H21N3O. The van der Waals surface area contributed by atoms with E-state index in [1.807, 2.05) is 34.6 Å². The summed E-state index contributed by atoms with van der Waals surface area (Å²) in [6, 6.07) is 0. The molecule has 0 aromatic rings. The summed E-state index contributed by atoms with van der Waals surface area (Å²) in [6.45, 7) is 10.5. The first-order chi connectivity index (χ1) is 7.29. The van der Waals surface area contributed by atoms with Crippen molar-refractivity contribution < 1.29 is 9.58 Å². The molecule has 0 spiro atoms. The van der Waals surface area contributed by atoms with Crippen molar-refractivity contribution in [3.05, 3.63) is 17.2 Å². The maximum absolute atomic E-state index is 11.7. The van der Waals surface area contributed by atoms with Crippen molar-refractivity contribution in [1.82, 2.24) is 4.90 Å². The van der Waals surface area contributed by atoms with E-state index in [2.05, 4.69) is 10.9 Å².